The number of nitrogens with zero attached hydrogens (tertiary/aromatic N) is 4. The Balaban J connectivity index is 1.46. The second kappa shape index (κ2) is 7.33. The summed E-state index contributed by atoms with van der Waals surface area (Å²) in [6, 6.07) is 9.62. The Kier molecular flexibility index (Phi) is 4.76. The van der Waals surface area contributed by atoms with Gasteiger partial charge in [-0.25, -0.2) is 0 Å². The van der Waals surface area contributed by atoms with E-state index in [1.165, 1.54) is 0 Å². The molecule has 0 radical (unpaired) electrons. The summed E-state index contributed by atoms with van der Waals surface area (Å²) in [7, 11) is 0. The summed E-state index contributed by atoms with van der Waals surface area (Å²) >= 11 is 0. The van der Waals surface area contributed by atoms with E-state index in [1.54, 1.807) is 0 Å². The van der Waals surface area contributed by atoms with E-state index in [1.807, 2.05) is 35.2 Å². The smallest absolute Gasteiger partial charge is 0.249 e. The van der Waals surface area contributed by atoms with Crippen LogP contribution >= 0.6 is 0 Å². The lowest BCUT2D eigenvalue weighted by molar-refractivity contribution is -0.134. The molecule has 7 heteroatoms. The van der Waals surface area contributed by atoms with Gasteiger partial charge in [0.05, 0.1) is 19.8 Å². The topological polar surface area (TPSA) is 71.7 Å². The predicted molar refractivity (Wildman–Crippen MR) is 90.7 cm³/mol. The lowest BCUT2D eigenvalue weighted by Gasteiger charge is -2.29. The summed E-state index contributed by atoms with van der Waals surface area (Å²) in [6.45, 7) is 4.18. The fourth-order valence-corrected chi connectivity index (χ4v) is 3.44. The normalized spacial score (nSPS) is 21.6. The molecule has 2 aliphatic heterocycles. The molecule has 4 rings (SSSR count). The molecule has 2 aromatic rings. The highest BCUT2D eigenvalue weighted by Crippen LogP contribution is 2.32. The minimum Gasteiger partial charge on any atom is -0.379 e. The first-order valence-corrected chi connectivity index (χ1v) is 8.80. The van der Waals surface area contributed by atoms with Crippen molar-refractivity contribution in [2.75, 3.05) is 39.4 Å². The Morgan fingerprint density at radius 2 is 1.96 bits per heavy atom. The summed E-state index contributed by atoms with van der Waals surface area (Å²) in [4.78, 5) is 21.3. The maximum absolute atomic E-state index is 12.7. The van der Waals surface area contributed by atoms with Gasteiger partial charge in [0.1, 0.15) is 6.04 Å². The average Bonchev–Trinajstić information content (AvgIpc) is 3.32. The SMILES string of the molecule is O=C(CN1CCOCC1)N1CCC[C@H]1c1nc(-c2ccccc2)no1. The van der Waals surface area contributed by atoms with Gasteiger partial charge >= 0.3 is 0 Å². The van der Waals surface area contributed by atoms with Crippen LogP contribution in [0.4, 0.5) is 0 Å². The van der Waals surface area contributed by atoms with Gasteiger partial charge in [0.15, 0.2) is 0 Å². The van der Waals surface area contributed by atoms with E-state index in [2.05, 4.69) is 15.0 Å². The second-order valence-electron chi connectivity index (χ2n) is 6.46. The van der Waals surface area contributed by atoms with Gasteiger partial charge in [0, 0.05) is 25.2 Å². The number of carbonyl (C=O) groups excluding carboxylic acids is 1. The van der Waals surface area contributed by atoms with Crippen LogP contribution in [0.25, 0.3) is 11.4 Å². The number of benzene rings is 1. The molecule has 0 spiro atoms. The molecule has 3 heterocycles. The molecule has 2 fully saturated rings. The van der Waals surface area contributed by atoms with Crippen molar-refractivity contribution in [3.8, 4) is 11.4 Å². The maximum Gasteiger partial charge on any atom is 0.249 e. The molecule has 0 bridgehead atoms. The van der Waals surface area contributed by atoms with Crippen LogP contribution in [0.1, 0.15) is 24.8 Å². The van der Waals surface area contributed by atoms with Crippen LogP contribution in [0.2, 0.25) is 0 Å². The largest absolute Gasteiger partial charge is 0.379 e. The number of likely N-dealkylation sites (tertiary alicyclic amines) is 1. The van der Waals surface area contributed by atoms with Crippen molar-refractivity contribution in [1.29, 1.82) is 0 Å². The van der Waals surface area contributed by atoms with Gasteiger partial charge in [-0.05, 0) is 12.8 Å². The van der Waals surface area contributed by atoms with Gasteiger partial charge in [-0.15, -0.1) is 0 Å². The fourth-order valence-electron chi connectivity index (χ4n) is 3.44. The molecular formula is C18H22N4O3. The van der Waals surface area contributed by atoms with Gasteiger partial charge < -0.3 is 14.2 Å². The molecule has 0 unspecified atom stereocenters. The number of hydrogen-bond donors (Lipinski definition) is 0. The van der Waals surface area contributed by atoms with Gasteiger partial charge in [-0.2, -0.15) is 4.98 Å². The van der Waals surface area contributed by atoms with E-state index >= 15 is 0 Å². The Morgan fingerprint density at radius 3 is 2.76 bits per heavy atom. The first kappa shape index (κ1) is 16.2. The lowest BCUT2D eigenvalue weighted by atomic mass is 10.2. The van der Waals surface area contributed by atoms with Gasteiger partial charge in [0.2, 0.25) is 17.6 Å². The second-order valence-corrected chi connectivity index (χ2v) is 6.46. The molecule has 25 heavy (non-hydrogen) atoms. The van der Waals surface area contributed by atoms with Crippen LogP contribution in [-0.2, 0) is 9.53 Å². The Bertz CT molecular complexity index is 712. The predicted octanol–water partition coefficient (Wildman–Crippen LogP) is 1.73. The molecule has 1 aromatic heterocycles. The number of hydrogen-bond acceptors (Lipinski definition) is 6. The Morgan fingerprint density at radius 1 is 1.16 bits per heavy atom. The summed E-state index contributed by atoms with van der Waals surface area (Å²) in [5.74, 6) is 1.23. The summed E-state index contributed by atoms with van der Waals surface area (Å²) in [5, 5.41) is 4.09. The number of amides is 1. The molecule has 1 aromatic carbocycles. The number of rotatable bonds is 4. The van der Waals surface area contributed by atoms with Crippen LogP contribution < -0.4 is 0 Å². The monoisotopic (exact) mass is 342 g/mol. The number of carbonyl (C=O) groups is 1. The van der Waals surface area contributed by atoms with Crippen LogP contribution in [-0.4, -0.2) is 65.2 Å². The average molecular weight is 342 g/mol. The van der Waals surface area contributed by atoms with Gasteiger partial charge in [-0.1, -0.05) is 35.5 Å². The van der Waals surface area contributed by atoms with Crippen molar-refractivity contribution in [3.05, 3.63) is 36.2 Å². The molecule has 2 aliphatic rings. The third kappa shape index (κ3) is 3.57. The van der Waals surface area contributed by atoms with E-state index in [0.717, 1.165) is 38.0 Å². The molecule has 1 atom stereocenters. The van der Waals surface area contributed by atoms with E-state index in [0.29, 0.717) is 31.5 Å². The first-order valence-electron chi connectivity index (χ1n) is 8.80. The van der Waals surface area contributed by atoms with Crippen molar-refractivity contribution in [1.82, 2.24) is 19.9 Å². The minimum atomic E-state index is -0.112. The van der Waals surface area contributed by atoms with E-state index in [-0.39, 0.29) is 11.9 Å². The highest BCUT2D eigenvalue weighted by atomic mass is 16.5. The van der Waals surface area contributed by atoms with Crippen molar-refractivity contribution >= 4 is 5.91 Å². The van der Waals surface area contributed by atoms with E-state index < -0.39 is 0 Å². The Hall–Kier alpha value is -2.25. The third-order valence-electron chi connectivity index (χ3n) is 4.79. The zero-order valence-electron chi connectivity index (χ0n) is 14.1. The quantitative estimate of drug-likeness (QED) is 0.843. The summed E-state index contributed by atoms with van der Waals surface area (Å²) in [5.41, 5.74) is 0.918. The summed E-state index contributed by atoms with van der Waals surface area (Å²) in [6.07, 6.45) is 1.83. The van der Waals surface area contributed by atoms with Crippen molar-refractivity contribution < 1.29 is 14.1 Å². The third-order valence-corrected chi connectivity index (χ3v) is 4.79. The zero-order valence-corrected chi connectivity index (χ0v) is 14.1. The molecule has 0 saturated carbocycles. The van der Waals surface area contributed by atoms with Crippen molar-refractivity contribution in [3.63, 3.8) is 0 Å². The van der Waals surface area contributed by atoms with Crippen molar-refractivity contribution in [2.45, 2.75) is 18.9 Å². The molecule has 0 N–H and O–H groups in total. The van der Waals surface area contributed by atoms with Crippen LogP contribution in [0.5, 0.6) is 0 Å². The number of aromatic nitrogens is 2. The highest BCUT2D eigenvalue weighted by molar-refractivity contribution is 5.79. The molecule has 2 saturated heterocycles. The van der Waals surface area contributed by atoms with Gasteiger partial charge in [0.25, 0.3) is 0 Å². The molecular weight excluding hydrogens is 320 g/mol. The zero-order chi connectivity index (χ0) is 17.1. The first-order chi connectivity index (χ1) is 12.3. The standard InChI is InChI=1S/C18H22N4O3/c23-16(13-21-9-11-24-12-10-21)22-8-4-7-15(22)18-19-17(20-25-18)14-5-2-1-3-6-14/h1-3,5-6,15H,4,7-13H2/t15-/m0/s1. The van der Waals surface area contributed by atoms with Crippen LogP contribution in [0.15, 0.2) is 34.9 Å². The van der Waals surface area contributed by atoms with Crippen LogP contribution in [0, 0.1) is 0 Å². The maximum atomic E-state index is 12.7. The minimum absolute atomic E-state index is 0.112. The van der Waals surface area contributed by atoms with E-state index in [4.69, 9.17) is 9.26 Å². The molecule has 1 amide bonds. The lowest BCUT2D eigenvalue weighted by Crippen LogP contribution is -2.44. The molecule has 132 valence electrons. The molecule has 0 aliphatic carbocycles. The fraction of sp³-hybridized carbons (Fsp3) is 0.500. The molecule has 7 nitrogen and oxygen atoms in total. The Labute approximate surface area is 146 Å². The van der Waals surface area contributed by atoms with Crippen molar-refractivity contribution in [2.24, 2.45) is 0 Å². The number of morpholine rings is 1. The van der Waals surface area contributed by atoms with Gasteiger partial charge in [-0.3, -0.25) is 9.69 Å². The van der Waals surface area contributed by atoms with E-state index in [9.17, 15) is 4.79 Å². The number of ether oxygens (including phenoxy) is 1. The highest BCUT2D eigenvalue weighted by Gasteiger charge is 2.34. The van der Waals surface area contributed by atoms with Crippen LogP contribution in [0.3, 0.4) is 0 Å². The summed E-state index contributed by atoms with van der Waals surface area (Å²) < 4.78 is 10.8.